The fourth-order valence-electron chi connectivity index (χ4n) is 0.250. The molecule has 2 nitrogen and oxygen atoms in total. The highest BCUT2D eigenvalue weighted by atomic mass is 14.9. The molecule has 0 bridgehead atoms. The van der Waals surface area contributed by atoms with Crippen molar-refractivity contribution in [2.24, 2.45) is 0 Å². The van der Waals surface area contributed by atoms with E-state index in [1.165, 1.54) is 6.42 Å². The van der Waals surface area contributed by atoms with Gasteiger partial charge in [-0.15, -0.1) is 0 Å². The van der Waals surface area contributed by atoms with E-state index in [1.807, 2.05) is 27.9 Å². The molecule has 11 heavy (non-hydrogen) atoms. The van der Waals surface area contributed by atoms with E-state index in [4.69, 9.17) is 0 Å². The van der Waals surface area contributed by atoms with Gasteiger partial charge in [0.1, 0.15) is 0 Å². The van der Waals surface area contributed by atoms with Gasteiger partial charge in [-0.3, -0.25) is 0 Å². The quantitative estimate of drug-likeness (QED) is 0.619. The summed E-state index contributed by atoms with van der Waals surface area (Å²) in [6.45, 7) is 10.4. The third-order valence-corrected chi connectivity index (χ3v) is 0.625. The molecule has 0 saturated heterocycles. The molecular formula is C9H26N2. The van der Waals surface area contributed by atoms with Gasteiger partial charge in [-0.05, 0) is 14.1 Å². The summed E-state index contributed by atoms with van der Waals surface area (Å²) in [7, 11) is 3.88. The Morgan fingerprint density at radius 3 is 1.09 bits per heavy atom. The van der Waals surface area contributed by atoms with Gasteiger partial charge in [0, 0.05) is 13.1 Å². The Hall–Kier alpha value is -0.0800. The van der Waals surface area contributed by atoms with E-state index >= 15 is 0 Å². The Morgan fingerprint density at radius 2 is 1.00 bits per heavy atom. The zero-order valence-electron chi connectivity index (χ0n) is 9.12. The van der Waals surface area contributed by atoms with Gasteiger partial charge >= 0.3 is 0 Å². The monoisotopic (exact) mass is 162 g/mol. The molecule has 0 unspecified atom stereocenters. The van der Waals surface area contributed by atoms with Crippen molar-refractivity contribution in [3.8, 4) is 0 Å². The molecular weight excluding hydrogens is 136 g/mol. The van der Waals surface area contributed by atoms with Crippen LogP contribution in [0.2, 0.25) is 0 Å². The standard InChI is InChI=1S/C4H12N2.C3H8.C2H6/c1-5-3-4-6-2;1-3-2;1-2/h5-6H,3-4H2,1-2H3;3H2,1-2H3;1-2H3. The first-order chi connectivity index (χ1) is 5.33. The van der Waals surface area contributed by atoms with E-state index in [9.17, 15) is 0 Å². The van der Waals surface area contributed by atoms with Gasteiger partial charge in [0.25, 0.3) is 0 Å². The van der Waals surface area contributed by atoms with E-state index in [1.54, 1.807) is 0 Å². The second kappa shape index (κ2) is 32.6. The third kappa shape index (κ3) is 73.0. The highest BCUT2D eigenvalue weighted by Crippen LogP contribution is 1.56. The molecule has 0 aromatic heterocycles. The van der Waals surface area contributed by atoms with Gasteiger partial charge < -0.3 is 10.6 Å². The van der Waals surface area contributed by atoms with Crippen LogP contribution in [0.15, 0.2) is 0 Å². The highest BCUT2D eigenvalue weighted by Gasteiger charge is 1.70. The van der Waals surface area contributed by atoms with Crippen molar-refractivity contribution in [3.63, 3.8) is 0 Å². The Bertz CT molecular complexity index is 26.7. The summed E-state index contributed by atoms with van der Waals surface area (Å²) in [4.78, 5) is 0. The predicted molar refractivity (Wildman–Crippen MR) is 55.2 cm³/mol. The number of rotatable bonds is 3. The fraction of sp³-hybridized carbons (Fsp3) is 1.00. The van der Waals surface area contributed by atoms with Crippen molar-refractivity contribution in [3.05, 3.63) is 0 Å². The van der Waals surface area contributed by atoms with Gasteiger partial charge in [-0.1, -0.05) is 34.1 Å². The lowest BCUT2D eigenvalue weighted by Crippen LogP contribution is -2.21. The van der Waals surface area contributed by atoms with Crippen molar-refractivity contribution in [1.82, 2.24) is 10.6 Å². The van der Waals surface area contributed by atoms with E-state index < -0.39 is 0 Å². The first-order valence-electron chi connectivity index (χ1n) is 4.62. The van der Waals surface area contributed by atoms with Crippen molar-refractivity contribution in [2.75, 3.05) is 27.2 Å². The minimum Gasteiger partial charge on any atom is -0.318 e. The third-order valence-electron chi connectivity index (χ3n) is 0.625. The lowest BCUT2D eigenvalue weighted by molar-refractivity contribution is 0.718. The van der Waals surface area contributed by atoms with Gasteiger partial charge in [0.2, 0.25) is 0 Å². The number of hydrogen-bond donors (Lipinski definition) is 2. The molecule has 0 fully saturated rings. The minimum absolute atomic E-state index is 1.05. The number of hydrogen-bond acceptors (Lipinski definition) is 2. The summed E-state index contributed by atoms with van der Waals surface area (Å²) in [5, 5.41) is 6.01. The Morgan fingerprint density at radius 1 is 0.818 bits per heavy atom. The van der Waals surface area contributed by atoms with Crippen LogP contribution in [0, 0.1) is 0 Å². The van der Waals surface area contributed by atoms with Gasteiger partial charge in [-0.2, -0.15) is 0 Å². The molecule has 0 radical (unpaired) electrons. The van der Waals surface area contributed by atoms with Gasteiger partial charge in [-0.25, -0.2) is 0 Å². The van der Waals surface area contributed by atoms with Crippen LogP contribution in [0.3, 0.4) is 0 Å². The number of likely N-dealkylation sites (N-methyl/N-ethyl adjacent to an activating group) is 2. The first kappa shape index (κ1) is 17.1. The molecule has 0 saturated carbocycles. The smallest absolute Gasteiger partial charge is 0.00736 e. The Balaban J connectivity index is -0.000000109. The van der Waals surface area contributed by atoms with Crippen LogP contribution in [0.4, 0.5) is 0 Å². The fourth-order valence-corrected chi connectivity index (χ4v) is 0.250. The first-order valence-corrected chi connectivity index (χ1v) is 4.62. The molecule has 72 valence electrons. The van der Waals surface area contributed by atoms with E-state index in [0.717, 1.165) is 13.1 Å². The van der Waals surface area contributed by atoms with Gasteiger partial charge in [0.05, 0.1) is 0 Å². The van der Waals surface area contributed by atoms with Crippen molar-refractivity contribution >= 4 is 0 Å². The largest absolute Gasteiger partial charge is 0.318 e. The summed E-state index contributed by atoms with van der Waals surface area (Å²) in [5.41, 5.74) is 0. The zero-order valence-corrected chi connectivity index (χ0v) is 9.12. The summed E-state index contributed by atoms with van der Waals surface area (Å²) < 4.78 is 0. The maximum Gasteiger partial charge on any atom is 0.00736 e. The molecule has 2 N–H and O–H groups in total. The molecule has 0 aliphatic rings. The molecule has 0 spiro atoms. The summed E-state index contributed by atoms with van der Waals surface area (Å²) in [6, 6.07) is 0. The maximum absolute atomic E-state index is 3.01. The average molecular weight is 162 g/mol. The predicted octanol–water partition coefficient (Wildman–Crippen LogP) is 1.87. The molecule has 0 rings (SSSR count). The molecule has 0 aliphatic heterocycles. The molecule has 0 amide bonds. The van der Waals surface area contributed by atoms with Crippen molar-refractivity contribution < 1.29 is 0 Å². The Labute approximate surface area is 72.8 Å². The van der Waals surface area contributed by atoms with E-state index in [2.05, 4.69) is 24.5 Å². The summed E-state index contributed by atoms with van der Waals surface area (Å²) in [6.07, 6.45) is 1.25. The second-order valence-electron chi connectivity index (χ2n) is 1.91. The van der Waals surface area contributed by atoms with Crippen LogP contribution in [0.25, 0.3) is 0 Å². The van der Waals surface area contributed by atoms with Crippen LogP contribution >= 0.6 is 0 Å². The minimum atomic E-state index is 1.05. The lowest BCUT2D eigenvalue weighted by Gasteiger charge is -1.92. The second-order valence-corrected chi connectivity index (χ2v) is 1.91. The molecule has 2 heteroatoms. The normalized spacial score (nSPS) is 7.09. The van der Waals surface area contributed by atoms with Gasteiger partial charge in [0.15, 0.2) is 0 Å². The molecule has 0 aromatic carbocycles. The van der Waals surface area contributed by atoms with Crippen LogP contribution in [0.5, 0.6) is 0 Å². The summed E-state index contributed by atoms with van der Waals surface area (Å²) >= 11 is 0. The molecule has 0 aliphatic carbocycles. The lowest BCUT2D eigenvalue weighted by atomic mass is 10.6. The summed E-state index contributed by atoms with van der Waals surface area (Å²) in [5.74, 6) is 0. The van der Waals surface area contributed by atoms with Crippen LogP contribution in [0.1, 0.15) is 34.1 Å². The van der Waals surface area contributed by atoms with Crippen molar-refractivity contribution in [2.45, 2.75) is 34.1 Å². The van der Waals surface area contributed by atoms with E-state index in [0.29, 0.717) is 0 Å². The van der Waals surface area contributed by atoms with Crippen LogP contribution < -0.4 is 10.6 Å². The highest BCUT2D eigenvalue weighted by molar-refractivity contribution is 4.38. The van der Waals surface area contributed by atoms with Crippen LogP contribution in [-0.2, 0) is 0 Å². The van der Waals surface area contributed by atoms with Crippen LogP contribution in [-0.4, -0.2) is 27.2 Å². The maximum atomic E-state index is 3.01. The van der Waals surface area contributed by atoms with E-state index in [-0.39, 0.29) is 0 Å². The average Bonchev–Trinajstić information content (AvgIpc) is 2.06. The topological polar surface area (TPSA) is 24.1 Å². The SMILES string of the molecule is CC.CCC.CNCCNC. The molecule has 0 atom stereocenters. The number of nitrogens with one attached hydrogen (secondary N) is 2. The van der Waals surface area contributed by atoms with Crippen molar-refractivity contribution in [1.29, 1.82) is 0 Å². The Kier molecular flexibility index (Phi) is 50.8. The molecule has 0 heterocycles. The zero-order chi connectivity index (χ0) is 9.54. The molecule has 0 aromatic rings.